The first-order valence-electron chi connectivity index (χ1n) is 4.63. The largest absolute Gasteiger partial charge is 1.00 e. The molecule has 0 aromatic carbocycles. The van der Waals surface area contributed by atoms with Crippen molar-refractivity contribution in [1.29, 1.82) is 0 Å². The molecule has 0 aliphatic carbocycles. The molecule has 1 unspecified atom stereocenters. The minimum Gasteiger partial charge on any atom is -0.547 e. The molecule has 8 heteroatoms. The van der Waals surface area contributed by atoms with Crippen molar-refractivity contribution < 1.29 is 64.0 Å². The van der Waals surface area contributed by atoms with Gasteiger partial charge in [-0.15, -0.1) is 0 Å². The van der Waals surface area contributed by atoms with Gasteiger partial charge in [0.1, 0.15) is 5.60 Å². The van der Waals surface area contributed by atoms with Gasteiger partial charge < -0.3 is 24.9 Å². The molecule has 92 valence electrons. The Balaban J connectivity index is 0. The second kappa shape index (κ2) is 8.46. The van der Waals surface area contributed by atoms with Gasteiger partial charge in [0.05, 0.1) is 25.4 Å². The molecule has 0 aliphatic heterocycles. The summed E-state index contributed by atoms with van der Waals surface area (Å²) in [6, 6.07) is 0. The molecular weight excluding hydrogens is 243 g/mol. The third-order valence-electron chi connectivity index (χ3n) is 1.73. The van der Waals surface area contributed by atoms with Gasteiger partial charge in [-0.05, 0) is 6.42 Å². The molecule has 0 saturated heterocycles. The van der Waals surface area contributed by atoms with Crippen molar-refractivity contribution in [2.24, 2.45) is 0 Å². The van der Waals surface area contributed by atoms with E-state index in [0.29, 0.717) is 6.42 Å². The second-order valence-electron chi connectivity index (χ2n) is 3.29. The molecule has 0 heterocycles. The van der Waals surface area contributed by atoms with Gasteiger partial charge in [-0.25, -0.2) is 0 Å². The van der Waals surface area contributed by atoms with Gasteiger partial charge >= 0.3 is 41.5 Å². The first-order chi connectivity index (χ1) is 7.31. The van der Waals surface area contributed by atoms with Gasteiger partial charge in [0, 0.05) is 0 Å². The van der Waals surface area contributed by atoms with E-state index < -0.39 is 36.4 Å². The van der Waals surface area contributed by atoms with Crippen LogP contribution in [0.3, 0.4) is 0 Å². The summed E-state index contributed by atoms with van der Waals surface area (Å²) in [5, 5.41) is 28.3. The Morgan fingerprint density at radius 2 is 1.82 bits per heavy atom. The van der Waals surface area contributed by atoms with Crippen molar-refractivity contribution >= 4 is 17.9 Å². The van der Waals surface area contributed by atoms with Crippen LogP contribution in [0.2, 0.25) is 0 Å². The van der Waals surface area contributed by atoms with E-state index >= 15 is 0 Å². The maximum atomic E-state index is 11.0. The zero-order chi connectivity index (χ0) is 12.8. The maximum Gasteiger partial charge on any atom is 1.00 e. The smallest absolute Gasteiger partial charge is 0.547 e. The summed E-state index contributed by atoms with van der Waals surface area (Å²) in [4.78, 5) is 31.9. The molecule has 0 rings (SSSR count). The number of esters is 1. The molecule has 0 aliphatic rings. The van der Waals surface area contributed by atoms with Gasteiger partial charge in [0.15, 0.2) is 0 Å². The average Bonchev–Trinajstić information content (AvgIpc) is 2.12. The molecule has 1 atom stereocenters. The summed E-state index contributed by atoms with van der Waals surface area (Å²) in [5.41, 5.74) is -2.73. The van der Waals surface area contributed by atoms with Crippen LogP contribution in [0.1, 0.15) is 26.2 Å². The normalized spacial score (nSPS) is 13.1. The number of carboxylic acids is 2. The van der Waals surface area contributed by atoms with E-state index in [9.17, 15) is 24.6 Å². The van der Waals surface area contributed by atoms with Gasteiger partial charge in [-0.3, -0.25) is 9.59 Å². The van der Waals surface area contributed by atoms with Crippen LogP contribution in [0.5, 0.6) is 0 Å². The Labute approximate surface area is 120 Å². The number of carbonyl (C=O) groups excluding carboxylic acids is 2. The number of aliphatic carboxylic acids is 2. The number of hydrogen-bond acceptors (Lipinski definition) is 6. The van der Waals surface area contributed by atoms with Crippen molar-refractivity contribution in [1.82, 2.24) is 0 Å². The Bertz CT molecular complexity index is 291. The second-order valence-corrected chi connectivity index (χ2v) is 3.29. The van der Waals surface area contributed by atoms with Gasteiger partial charge in [0.25, 0.3) is 0 Å². The predicted molar refractivity (Wildman–Crippen MR) is 48.1 cm³/mol. The molecule has 0 aromatic heterocycles. The number of hydrogen-bond donors (Lipinski definition) is 2. The molecule has 0 saturated carbocycles. The summed E-state index contributed by atoms with van der Waals surface area (Å²) >= 11 is 0. The van der Waals surface area contributed by atoms with E-state index in [1.54, 1.807) is 6.92 Å². The first-order valence-corrected chi connectivity index (χ1v) is 4.63. The summed E-state index contributed by atoms with van der Waals surface area (Å²) in [6.07, 6.45) is -1.52. The molecule has 2 N–H and O–H groups in total. The fourth-order valence-corrected chi connectivity index (χ4v) is 0.963. The van der Waals surface area contributed by atoms with E-state index in [1.165, 1.54) is 0 Å². The van der Waals surface area contributed by atoms with Crippen LogP contribution in [0, 0.1) is 0 Å². The van der Waals surface area contributed by atoms with E-state index in [2.05, 4.69) is 4.74 Å². The first kappa shape index (κ1) is 18.7. The third kappa shape index (κ3) is 7.32. The summed E-state index contributed by atoms with van der Waals surface area (Å²) in [6.45, 7) is 1.81. The molecule has 0 radical (unpaired) electrons. The molecule has 0 amide bonds. The monoisotopic (exact) mass is 256 g/mol. The Hall–Kier alpha value is -0.630. The standard InChI is InChI=1S/C9H14O7.Na/c1-2-3-16-7(12)5-9(15,8(13)14)4-6(10)11;/h15H,2-5H2,1H3,(H,10,11)(H,13,14);/q;+1/p-1. The Morgan fingerprint density at radius 1 is 1.29 bits per heavy atom. The molecule has 17 heavy (non-hydrogen) atoms. The third-order valence-corrected chi connectivity index (χ3v) is 1.73. The summed E-state index contributed by atoms with van der Waals surface area (Å²) in [7, 11) is 0. The summed E-state index contributed by atoms with van der Waals surface area (Å²) < 4.78 is 4.54. The number of carboxylic acid groups (broad SMARTS) is 2. The molecule has 7 nitrogen and oxygen atoms in total. The number of carbonyl (C=O) groups is 3. The van der Waals surface area contributed by atoms with Crippen molar-refractivity contribution in [2.75, 3.05) is 6.61 Å². The average molecular weight is 256 g/mol. The Morgan fingerprint density at radius 3 is 2.18 bits per heavy atom. The fraction of sp³-hybridized carbons (Fsp3) is 0.667. The van der Waals surface area contributed by atoms with Crippen LogP contribution in [-0.2, 0) is 19.1 Å². The van der Waals surface area contributed by atoms with Crippen LogP contribution in [0.15, 0.2) is 0 Å². The zero-order valence-electron chi connectivity index (χ0n) is 9.76. The van der Waals surface area contributed by atoms with Gasteiger partial charge in [-0.2, -0.15) is 0 Å². The van der Waals surface area contributed by atoms with Crippen LogP contribution in [-0.4, -0.2) is 40.3 Å². The number of aliphatic hydroxyl groups is 1. The molecule has 0 fully saturated rings. The molecular formula is C9H13NaO7. The van der Waals surface area contributed by atoms with Gasteiger partial charge in [-0.1, -0.05) is 6.92 Å². The zero-order valence-corrected chi connectivity index (χ0v) is 11.8. The van der Waals surface area contributed by atoms with E-state index in [1.807, 2.05) is 0 Å². The van der Waals surface area contributed by atoms with Crippen LogP contribution in [0.4, 0.5) is 0 Å². The number of ether oxygens (including phenoxy) is 1. The quantitative estimate of drug-likeness (QED) is 0.346. The fourth-order valence-electron chi connectivity index (χ4n) is 0.963. The molecule has 0 aromatic rings. The van der Waals surface area contributed by atoms with Crippen molar-refractivity contribution in [3.63, 3.8) is 0 Å². The Kier molecular flexibility index (Phi) is 9.32. The maximum absolute atomic E-state index is 11.0. The summed E-state index contributed by atoms with van der Waals surface area (Å²) in [5.74, 6) is -4.53. The van der Waals surface area contributed by atoms with E-state index in [0.717, 1.165) is 0 Å². The minimum atomic E-state index is -2.73. The molecule has 0 bridgehead atoms. The van der Waals surface area contributed by atoms with Gasteiger partial charge in [0.2, 0.25) is 0 Å². The van der Waals surface area contributed by atoms with E-state index in [-0.39, 0.29) is 36.2 Å². The topological polar surface area (TPSA) is 124 Å². The van der Waals surface area contributed by atoms with Crippen molar-refractivity contribution in [3.8, 4) is 0 Å². The van der Waals surface area contributed by atoms with Crippen LogP contribution < -0.4 is 34.7 Å². The van der Waals surface area contributed by atoms with E-state index in [4.69, 9.17) is 5.11 Å². The van der Waals surface area contributed by atoms with Crippen LogP contribution in [0.25, 0.3) is 0 Å². The van der Waals surface area contributed by atoms with Crippen molar-refractivity contribution in [2.45, 2.75) is 31.8 Å². The van der Waals surface area contributed by atoms with Crippen LogP contribution >= 0.6 is 0 Å². The molecule has 0 spiro atoms. The SMILES string of the molecule is CCCOC(=O)CC(O)(CC(=O)O)C(=O)[O-].[Na+]. The minimum absolute atomic E-state index is 0. The van der Waals surface area contributed by atoms with Crippen molar-refractivity contribution in [3.05, 3.63) is 0 Å². The number of rotatable bonds is 7. The predicted octanol–water partition coefficient (Wildman–Crippen LogP) is -4.71.